The molecule has 0 unspecified atom stereocenters. The quantitative estimate of drug-likeness (QED) is 0.815. The van der Waals surface area contributed by atoms with Gasteiger partial charge >= 0.3 is 10.2 Å². The molecular formula is C15H18BrN3O3S. The summed E-state index contributed by atoms with van der Waals surface area (Å²) in [7, 11) is -3.63. The molecule has 1 amide bonds. The molecule has 0 saturated heterocycles. The number of hydrogen-bond acceptors (Lipinski definition) is 3. The molecule has 2 N–H and O–H groups in total. The van der Waals surface area contributed by atoms with E-state index in [9.17, 15) is 13.2 Å². The third-order valence-electron chi connectivity index (χ3n) is 3.47. The van der Waals surface area contributed by atoms with Crippen molar-refractivity contribution in [1.29, 1.82) is 0 Å². The molecule has 0 fully saturated rings. The zero-order valence-electron chi connectivity index (χ0n) is 13.1. The van der Waals surface area contributed by atoms with E-state index in [1.54, 1.807) is 13.8 Å². The van der Waals surface area contributed by atoms with Crippen molar-refractivity contribution in [2.24, 2.45) is 4.40 Å². The van der Waals surface area contributed by atoms with Gasteiger partial charge in [0, 0.05) is 22.3 Å². The molecule has 0 atom stereocenters. The number of allylic oxidation sites excluding steroid dienone is 2. The van der Waals surface area contributed by atoms with Crippen LogP contribution in [0.1, 0.15) is 32.3 Å². The molecule has 23 heavy (non-hydrogen) atoms. The van der Waals surface area contributed by atoms with Crippen LogP contribution in [0.15, 0.2) is 38.3 Å². The number of anilines is 1. The fraction of sp³-hybridized carbons (Fsp3) is 0.333. The van der Waals surface area contributed by atoms with Crippen molar-refractivity contribution >= 4 is 43.4 Å². The molecule has 2 rings (SSSR count). The number of nitrogens with zero attached hydrogens (tertiary/aromatic N) is 1. The van der Waals surface area contributed by atoms with E-state index in [1.165, 1.54) is 0 Å². The fourth-order valence-corrected chi connectivity index (χ4v) is 3.61. The van der Waals surface area contributed by atoms with Crippen molar-refractivity contribution in [1.82, 2.24) is 4.72 Å². The Labute approximate surface area is 144 Å². The van der Waals surface area contributed by atoms with Gasteiger partial charge < -0.3 is 5.32 Å². The van der Waals surface area contributed by atoms with Gasteiger partial charge in [-0.1, -0.05) is 15.9 Å². The second-order valence-corrected chi connectivity index (χ2v) is 7.56. The van der Waals surface area contributed by atoms with Gasteiger partial charge in [-0.05, 0) is 56.5 Å². The van der Waals surface area contributed by atoms with Crippen molar-refractivity contribution in [3.05, 3.63) is 39.5 Å². The van der Waals surface area contributed by atoms with Crippen LogP contribution in [-0.4, -0.2) is 20.0 Å². The molecule has 124 valence electrons. The third-order valence-corrected chi connectivity index (χ3v) is 5.44. The van der Waals surface area contributed by atoms with Gasteiger partial charge in [-0.25, -0.2) is 0 Å². The highest BCUT2D eigenvalue weighted by molar-refractivity contribution is 9.10. The zero-order valence-corrected chi connectivity index (χ0v) is 15.5. The Hall–Kier alpha value is -1.67. The molecular weight excluding hydrogens is 382 g/mol. The summed E-state index contributed by atoms with van der Waals surface area (Å²) in [5.74, 6) is -0.131. The summed E-state index contributed by atoms with van der Waals surface area (Å²) in [6.45, 7) is 5.25. The lowest BCUT2D eigenvalue weighted by atomic mass is 10.0. The molecule has 1 aromatic carbocycles. The van der Waals surface area contributed by atoms with E-state index in [0.717, 1.165) is 21.3 Å². The average Bonchev–Trinajstić information content (AvgIpc) is 2.40. The number of halogens is 1. The number of carbonyl (C=O) groups excluding carboxylic acids is 1. The highest BCUT2D eigenvalue weighted by Gasteiger charge is 2.20. The van der Waals surface area contributed by atoms with Gasteiger partial charge in [0.15, 0.2) is 0 Å². The van der Waals surface area contributed by atoms with Crippen LogP contribution >= 0.6 is 15.9 Å². The maximum atomic E-state index is 12.1. The Kier molecular flexibility index (Phi) is 5.26. The van der Waals surface area contributed by atoms with Crippen molar-refractivity contribution in [3.63, 3.8) is 0 Å². The Balaban J connectivity index is 1.99. The first kappa shape index (κ1) is 17.7. The van der Waals surface area contributed by atoms with Crippen LogP contribution in [0.25, 0.3) is 0 Å². The fourth-order valence-electron chi connectivity index (χ4n) is 2.34. The lowest BCUT2D eigenvalue weighted by molar-refractivity contribution is -0.116. The van der Waals surface area contributed by atoms with Gasteiger partial charge in [0.25, 0.3) is 0 Å². The van der Waals surface area contributed by atoms with E-state index in [1.807, 2.05) is 25.1 Å². The number of carbonyl (C=O) groups is 1. The molecule has 8 heteroatoms. The van der Waals surface area contributed by atoms with Crippen molar-refractivity contribution in [2.45, 2.75) is 33.6 Å². The first-order valence-corrected chi connectivity index (χ1v) is 9.26. The third kappa shape index (κ3) is 4.65. The molecule has 1 aromatic rings. The summed E-state index contributed by atoms with van der Waals surface area (Å²) in [4.78, 5) is 12.1. The van der Waals surface area contributed by atoms with Crippen molar-refractivity contribution in [3.8, 4) is 0 Å². The molecule has 0 radical (unpaired) electrons. The minimum absolute atomic E-state index is 0.131. The summed E-state index contributed by atoms with van der Waals surface area (Å²) in [6, 6.07) is 5.58. The van der Waals surface area contributed by atoms with Crippen LogP contribution in [0, 0.1) is 6.92 Å². The van der Waals surface area contributed by atoms with Gasteiger partial charge in [-0.3, -0.25) is 9.52 Å². The lowest BCUT2D eigenvalue weighted by Crippen LogP contribution is -2.28. The molecule has 0 aromatic heterocycles. The van der Waals surface area contributed by atoms with E-state index in [-0.39, 0.29) is 12.3 Å². The molecule has 0 spiro atoms. The lowest BCUT2D eigenvalue weighted by Gasteiger charge is -2.17. The zero-order chi connectivity index (χ0) is 17.2. The number of aryl methyl sites for hydroxylation is 1. The SMILES string of the molecule is CC1=NS(=O)(=O)NC(C)=C1CCC(=O)Nc1ccc(Br)c(C)c1. The number of amides is 1. The second-order valence-electron chi connectivity index (χ2n) is 5.37. The predicted molar refractivity (Wildman–Crippen MR) is 94.6 cm³/mol. The highest BCUT2D eigenvalue weighted by atomic mass is 79.9. The molecule has 6 nitrogen and oxygen atoms in total. The van der Waals surface area contributed by atoms with E-state index < -0.39 is 10.2 Å². The average molecular weight is 400 g/mol. The Morgan fingerprint density at radius 1 is 1.30 bits per heavy atom. The minimum Gasteiger partial charge on any atom is -0.326 e. The Morgan fingerprint density at radius 3 is 2.61 bits per heavy atom. The van der Waals surface area contributed by atoms with Crippen LogP contribution in [0.3, 0.4) is 0 Å². The molecule has 0 aliphatic carbocycles. The molecule has 1 aliphatic rings. The van der Waals surface area contributed by atoms with Crippen LogP contribution in [0.4, 0.5) is 5.69 Å². The molecule has 1 aliphatic heterocycles. The summed E-state index contributed by atoms with van der Waals surface area (Å²) in [5, 5.41) is 2.83. The maximum absolute atomic E-state index is 12.1. The van der Waals surface area contributed by atoms with Gasteiger partial charge in [0.2, 0.25) is 5.91 Å². The van der Waals surface area contributed by atoms with Crippen LogP contribution < -0.4 is 10.0 Å². The normalized spacial score (nSPS) is 16.6. The minimum atomic E-state index is -3.63. The van der Waals surface area contributed by atoms with Crippen molar-refractivity contribution < 1.29 is 13.2 Å². The van der Waals surface area contributed by atoms with E-state index >= 15 is 0 Å². The standard InChI is InChI=1S/C15H18BrN3O3S/c1-9-8-12(4-6-14(9)16)17-15(20)7-5-13-10(2)18-23(21,22)19-11(13)3/h4,6,8,18H,5,7H2,1-3H3,(H,17,20). The number of rotatable bonds is 4. The molecule has 0 bridgehead atoms. The van der Waals surface area contributed by atoms with Gasteiger partial charge in [-0.15, -0.1) is 4.40 Å². The largest absolute Gasteiger partial charge is 0.342 e. The molecule has 1 heterocycles. The molecule has 0 saturated carbocycles. The van der Waals surface area contributed by atoms with Gasteiger partial charge in [-0.2, -0.15) is 8.42 Å². The smallest absolute Gasteiger partial charge is 0.326 e. The van der Waals surface area contributed by atoms with E-state index in [2.05, 4.69) is 30.4 Å². The number of nitrogens with one attached hydrogen (secondary N) is 2. The van der Waals surface area contributed by atoms with E-state index in [4.69, 9.17) is 0 Å². The van der Waals surface area contributed by atoms with Gasteiger partial charge in [0.1, 0.15) is 0 Å². The maximum Gasteiger partial charge on any atom is 0.342 e. The van der Waals surface area contributed by atoms with Crippen molar-refractivity contribution in [2.75, 3.05) is 5.32 Å². The predicted octanol–water partition coefficient (Wildman–Crippen LogP) is 3.06. The summed E-state index contributed by atoms with van der Waals surface area (Å²) in [5.41, 5.74) is 3.46. The Morgan fingerprint density at radius 2 is 2.00 bits per heavy atom. The summed E-state index contributed by atoms with van der Waals surface area (Å²) in [6.07, 6.45) is 0.668. The Bertz CT molecular complexity index is 813. The van der Waals surface area contributed by atoms with Crippen LogP contribution in [0.2, 0.25) is 0 Å². The first-order valence-electron chi connectivity index (χ1n) is 7.03. The highest BCUT2D eigenvalue weighted by Crippen LogP contribution is 2.21. The number of hydrogen-bond donors (Lipinski definition) is 2. The summed E-state index contributed by atoms with van der Waals surface area (Å²) < 4.78 is 29.8. The van der Waals surface area contributed by atoms with Crippen LogP contribution in [0.5, 0.6) is 0 Å². The monoisotopic (exact) mass is 399 g/mol. The topological polar surface area (TPSA) is 87.6 Å². The van der Waals surface area contributed by atoms with E-state index in [0.29, 0.717) is 17.8 Å². The second kappa shape index (κ2) is 6.84. The summed E-state index contributed by atoms with van der Waals surface area (Å²) >= 11 is 3.41. The first-order chi connectivity index (χ1) is 10.7. The van der Waals surface area contributed by atoms with Gasteiger partial charge in [0.05, 0.1) is 5.71 Å². The van der Waals surface area contributed by atoms with Crippen LogP contribution in [-0.2, 0) is 15.0 Å². The number of benzene rings is 1.